The van der Waals surface area contributed by atoms with Crippen LogP contribution in [0.15, 0.2) is 24.3 Å². The van der Waals surface area contributed by atoms with Gasteiger partial charge in [-0.05, 0) is 23.5 Å². The molecule has 0 fully saturated rings. The van der Waals surface area contributed by atoms with Crippen molar-refractivity contribution in [2.75, 3.05) is 6.54 Å². The van der Waals surface area contributed by atoms with Crippen molar-refractivity contribution in [3.63, 3.8) is 0 Å². The molecule has 1 aromatic rings. The molecule has 0 aliphatic heterocycles. The molecule has 0 heterocycles. The van der Waals surface area contributed by atoms with E-state index in [-0.39, 0.29) is 10.8 Å². The Labute approximate surface area is 115 Å². The molecule has 1 rings (SSSR count). The van der Waals surface area contributed by atoms with Gasteiger partial charge in [0.1, 0.15) is 0 Å². The summed E-state index contributed by atoms with van der Waals surface area (Å²) in [5.74, 6) is 0. The van der Waals surface area contributed by atoms with E-state index in [2.05, 4.69) is 26.1 Å². The van der Waals surface area contributed by atoms with Gasteiger partial charge in [0.25, 0.3) is 0 Å². The van der Waals surface area contributed by atoms with Crippen LogP contribution in [0.25, 0.3) is 0 Å². The molecule has 0 saturated heterocycles. The van der Waals surface area contributed by atoms with Crippen molar-refractivity contribution < 1.29 is 0 Å². The predicted molar refractivity (Wildman–Crippen MR) is 76.9 cm³/mol. The summed E-state index contributed by atoms with van der Waals surface area (Å²) in [5.41, 5.74) is 1.40. The molecule has 0 amide bonds. The van der Waals surface area contributed by atoms with Gasteiger partial charge in [0.2, 0.25) is 0 Å². The van der Waals surface area contributed by atoms with Crippen LogP contribution < -0.4 is 5.32 Å². The Hall–Kier alpha value is -0.240. The van der Waals surface area contributed by atoms with E-state index in [0.29, 0.717) is 0 Å². The fourth-order valence-corrected chi connectivity index (χ4v) is 2.52. The Balaban J connectivity index is 2.31. The van der Waals surface area contributed by atoms with Crippen molar-refractivity contribution in [3.8, 4) is 0 Å². The van der Waals surface area contributed by atoms with Gasteiger partial charge < -0.3 is 5.32 Å². The quantitative estimate of drug-likeness (QED) is 0.781. The molecule has 96 valence electrons. The van der Waals surface area contributed by atoms with Gasteiger partial charge in [-0.3, -0.25) is 0 Å². The molecule has 0 saturated carbocycles. The maximum absolute atomic E-state index is 6.28. The van der Waals surface area contributed by atoms with E-state index in [4.69, 9.17) is 23.2 Å². The number of hydrogen-bond donors (Lipinski definition) is 1. The standard InChI is InChI=1S/C14H21Cl2N/c1-14(2,3)8-12(15)10-17-9-11-6-4-5-7-13(11)16/h4-7,12,17H,8-10H2,1-3H3. The lowest BCUT2D eigenvalue weighted by Gasteiger charge is -2.22. The lowest BCUT2D eigenvalue weighted by atomic mass is 9.90. The molecule has 0 aliphatic carbocycles. The number of nitrogens with one attached hydrogen (secondary N) is 1. The van der Waals surface area contributed by atoms with E-state index in [9.17, 15) is 0 Å². The highest BCUT2D eigenvalue weighted by atomic mass is 35.5. The Morgan fingerprint density at radius 3 is 2.47 bits per heavy atom. The zero-order valence-electron chi connectivity index (χ0n) is 10.8. The van der Waals surface area contributed by atoms with Crippen LogP contribution in [0.3, 0.4) is 0 Å². The molecule has 0 bridgehead atoms. The Morgan fingerprint density at radius 1 is 1.24 bits per heavy atom. The number of alkyl halides is 1. The van der Waals surface area contributed by atoms with Gasteiger partial charge in [-0.2, -0.15) is 0 Å². The third kappa shape index (κ3) is 6.30. The van der Waals surface area contributed by atoms with E-state index in [1.807, 2.05) is 24.3 Å². The summed E-state index contributed by atoms with van der Waals surface area (Å²) < 4.78 is 0. The Morgan fingerprint density at radius 2 is 1.88 bits per heavy atom. The molecule has 1 atom stereocenters. The van der Waals surface area contributed by atoms with Gasteiger partial charge in [-0.15, -0.1) is 11.6 Å². The van der Waals surface area contributed by atoms with Crippen molar-refractivity contribution in [1.82, 2.24) is 5.32 Å². The molecule has 1 N–H and O–H groups in total. The highest BCUT2D eigenvalue weighted by molar-refractivity contribution is 6.31. The predicted octanol–water partition coefficient (Wildman–Crippen LogP) is 4.47. The minimum atomic E-state index is 0.164. The van der Waals surface area contributed by atoms with Crippen molar-refractivity contribution in [1.29, 1.82) is 0 Å². The Kier molecular flexibility index (Phi) is 5.78. The zero-order valence-corrected chi connectivity index (χ0v) is 12.3. The summed E-state index contributed by atoms with van der Waals surface area (Å²) in [4.78, 5) is 0. The van der Waals surface area contributed by atoms with Crippen molar-refractivity contribution in [3.05, 3.63) is 34.9 Å². The highest BCUT2D eigenvalue weighted by Crippen LogP contribution is 2.23. The minimum Gasteiger partial charge on any atom is -0.311 e. The smallest absolute Gasteiger partial charge is 0.0465 e. The van der Waals surface area contributed by atoms with E-state index in [1.165, 1.54) is 0 Å². The monoisotopic (exact) mass is 273 g/mol. The molecule has 17 heavy (non-hydrogen) atoms. The van der Waals surface area contributed by atoms with Crippen molar-refractivity contribution in [2.24, 2.45) is 5.41 Å². The van der Waals surface area contributed by atoms with Gasteiger partial charge in [0.15, 0.2) is 0 Å². The summed E-state index contributed by atoms with van der Waals surface area (Å²) in [7, 11) is 0. The van der Waals surface area contributed by atoms with E-state index >= 15 is 0 Å². The first-order valence-corrected chi connectivity index (χ1v) is 6.78. The summed E-state index contributed by atoms with van der Waals surface area (Å²) in [6.45, 7) is 8.19. The first kappa shape index (κ1) is 14.8. The lowest BCUT2D eigenvalue weighted by Crippen LogP contribution is -2.26. The van der Waals surface area contributed by atoms with E-state index in [0.717, 1.165) is 30.1 Å². The molecular weight excluding hydrogens is 253 g/mol. The molecule has 3 heteroatoms. The van der Waals surface area contributed by atoms with Crippen LogP contribution in [0.5, 0.6) is 0 Å². The largest absolute Gasteiger partial charge is 0.311 e. The summed E-state index contributed by atoms with van der Waals surface area (Å²) in [6.07, 6.45) is 1.00. The molecule has 1 nitrogen and oxygen atoms in total. The van der Waals surface area contributed by atoms with Crippen LogP contribution >= 0.6 is 23.2 Å². The van der Waals surface area contributed by atoms with Gasteiger partial charge in [0.05, 0.1) is 0 Å². The van der Waals surface area contributed by atoms with Crippen LogP contribution in [0.4, 0.5) is 0 Å². The number of hydrogen-bond acceptors (Lipinski definition) is 1. The summed E-state index contributed by atoms with van der Waals surface area (Å²) in [6, 6.07) is 7.88. The lowest BCUT2D eigenvalue weighted by molar-refractivity contribution is 0.364. The third-order valence-electron chi connectivity index (χ3n) is 2.47. The van der Waals surface area contributed by atoms with Crippen LogP contribution in [-0.2, 0) is 6.54 Å². The van der Waals surface area contributed by atoms with Crippen LogP contribution in [0.1, 0.15) is 32.8 Å². The molecule has 1 aromatic carbocycles. The second kappa shape index (κ2) is 6.63. The SMILES string of the molecule is CC(C)(C)CC(Cl)CNCc1ccccc1Cl. The maximum Gasteiger partial charge on any atom is 0.0465 e. The molecule has 1 unspecified atom stereocenters. The van der Waals surface area contributed by atoms with Crippen LogP contribution in [0.2, 0.25) is 5.02 Å². The topological polar surface area (TPSA) is 12.0 Å². The van der Waals surface area contributed by atoms with Gasteiger partial charge in [0, 0.05) is 23.5 Å². The third-order valence-corrected chi connectivity index (χ3v) is 3.15. The number of benzene rings is 1. The van der Waals surface area contributed by atoms with Crippen molar-refractivity contribution in [2.45, 2.75) is 39.1 Å². The molecular formula is C14H21Cl2N. The van der Waals surface area contributed by atoms with E-state index in [1.54, 1.807) is 0 Å². The fourth-order valence-electron chi connectivity index (χ4n) is 1.74. The first-order valence-electron chi connectivity index (χ1n) is 5.97. The molecule has 0 radical (unpaired) electrons. The zero-order chi connectivity index (χ0) is 12.9. The first-order chi connectivity index (χ1) is 7.88. The second-order valence-electron chi connectivity index (χ2n) is 5.58. The molecule has 0 aromatic heterocycles. The minimum absolute atomic E-state index is 0.164. The summed E-state index contributed by atoms with van der Waals surface area (Å²) in [5, 5.41) is 4.32. The number of rotatable bonds is 5. The number of halogens is 2. The van der Waals surface area contributed by atoms with Crippen molar-refractivity contribution >= 4 is 23.2 Å². The highest BCUT2D eigenvalue weighted by Gasteiger charge is 2.16. The van der Waals surface area contributed by atoms with Crippen LogP contribution in [0, 0.1) is 5.41 Å². The van der Waals surface area contributed by atoms with Gasteiger partial charge in [-0.25, -0.2) is 0 Å². The summed E-state index contributed by atoms with van der Waals surface area (Å²) >= 11 is 12.3. The van der Waals surface area contributed by atoms with Gasteiger partial charge in [-0.1, -0.05) is 50.6 Å². The molecule has 0 aliphatic rings. The van der Waals surface area contributed by atoms with Crippen LogP contribution in [-0.4, -0.2) is 11.9 Å². The second-order valence-corrected chi connectivity index (χ2v) is 6.61. The van der Waals surface area contributed by atoms with Gasteiger partial charge >= 0.3 is 0 Å². The maximum atomic E-state index is 6.28. The average molecular weight is 274 g/mol. The fraction of sp³-hybridized carbons (Fsp3) is 0.571. The average Bonchev–Trinajstić information content (AvgIpc) is 2.18. The van der Waals surface area contributed by atoms with E-state index < -0.39 is 0 Å². The molecule has 0 spiro atoms. The normalized spacial score (nSPS) is 13.7. The Bertz CT molecular complexity index is 344.